The Labute approximate surface area is 146 Å². The minimum atomic E-state index is -0.358. The summed E-state index contributed by atoms with van der Waals surface area (Å²) in [7, 11) is 0. The third-order valence-electron chi connectivity index (χ3n) is 5.33. The number of aromatic hydroxyl groups is 1. The van der Waals surface area contributed by atoms with E-state index >= 15 is 0 Å². The van der Waals surface area contributed by atoms with Gasteiger partial charge in [-0.2, -0.15) is 0 Å². The first-order valence-electron chi connectivity index (χ1n) is 8.94. The number of fused-ring (bicyclic) bond motifs is 3. The van der Waals surface area contributed by atoms with E-state index in [9.17, 15) is 9.90 Å². The third kappa shape index (κ3) is 2.81. The second-order valence-electron chi connectivity index (χ2n) is 7.30. The largest absolute Gasteiger partial charge is 0.507 e. The number of phenols is 1. The van der Waals surface area contributed by atoms with Crippen molar-refractivity contribution in [1.29, 1.82) is 0 Å². The average molecular weight is 337 g/mol. The van der Waals surface area contributed by atoms with Crippen LogP contribution in [-0.2, 0) is 6.54 Å². The van der Waals surface area contributed by atoms with Gasteiger partial charge in [0.05, 0.1) is 5.39 Å². The topological polar surface area (TPSA) is 53.7 Å². The van der Waals surface area contributed by atoms with Crippen molar-refractivity contribution < 1.29 is 9.52 Å². The number of rotatable bonds is 2. The Hall–Kier alpha value is -2.33. The van der Waals surface area contributed by atoms with Crippen molar-refractivity contribution in [1.82, 2.24) is 4.90 Å². The van der Waals surface area contributed by atoms with Crippen LogP contribution in [-0.4, -0.2) is 23.1 Å². The van der Waals surface area contributed by atoms with Crippen LogP contribution < -0.4 is 5.63 Å². The fraction of sp³-hybridized carbons (Fsp3) is 0.381. The van der Waals surface area contributed by atoms with Crippen LogP contribution in [0, 0.1) is 12.8 Å². The van der Waals surface area contributed by atoms with Crippen LogP contribution in [0.4, 0.5) is 0 Å². The van der Waals surface area contributed by atoms with Crippen LogP contribution in [0.3, 0.4) is 0 Å². The molecule has 1 saturated heterocycles. The Kier molecular flexibility index (Phi) is 4.00. The van der Waals surface area contributed by atoms with Gasteiger partial charge in [-0.15, -0.1) is 0 Å². The Morgan fingerprint density at radius 2 is 2.00 bits per heavy atom. The summed E-state index contributed by atoms with van der Waals surface area (Å²) in [5, 5.41) is 13.0. The Bertz CT molecular complexity index is 1010. The van der Waals surface area contributed by atoms with Crippen LogP contribution >= 0.6 is 0 Å². The van der Waals surface area contributed by atoms with Crippen LogP contribution in [0.25, 0.3) is 21.7 Å². The molecule has 0 radical (unpaired) electrons. The summed E-state index contributed by atoms with van der Waals surface area (Å²) in [6.45, 7) is 6.94. The van der Waals surface area contributed by atoms with Crippen molar-refractivity contribution >= 4 is 21.7 Å². The SMILES string of the molecule is Cc1c(O)c(CN2CCCC(C)C2)cc2c1oc(=O)c1ccccc12. The molecular formula is C21H23NO3. The fourth-order valence-corrected chi connectivity index (χ4v) is 4.03. The molecule has 2 heterocycles. The Morgan fingerprint density at radius 3 is 2.76 bits per heavy atom. The fourth-order valence-electron chi connectivity index (χ4n) is 4.03. The highest BCUT2D eigenvalue weighted by Gasteiger charge is 2.20. The molecule has 1 aromatic heterocycles. The number of nitrogens with zero attached hydrogens (tertiary/aromatic N) is 1. The second-order valence-corrected chi connectivity index (χ2v) is 7.30. The molecule has 4 rings (SSSR count). The molecule has 25 heavy (non-hydrogen) atoms. The first kappa shape index (κ1) is 16.2. The molecule has 3 aromatic rings. The maximum atomic E-state index is 12.2. The van der Waals surface area contributed by atoms with E-state index in [1.807, 2.05) is 31.2 Å². The van der Waals surface area contributed by atoms with Crippen LogP contribution in [0.5, 0.6) is 5.75 Å². The highest BCUT2D eigenvalue weighted by atomic mass is 16.4. The molecule has 2 aromatic carbocycles. The van der Waals surface area contributed by atoms with Crippen molar-refractivity contribution in [3.63, 3.8) is 0 Å². The lowest BCUT2D eigenvalue weighted by Gasteiger charge is -2.31. The lowest BCUT2D eigenvalue weighted by atomic mass is 9.97. The van der Waals surface area contributed by atoms with Gasteiger partial charge >= 0.3 is 5.63 Å². The van der Waals surface area contributed by atoms with Crippen molar-refractivity contribution in [2.24, 2.45) is 5.92 Å². The summed E-state index contributed by atoms with van der Waals surface area (Å²) in [6.07, 6.45) is 2.47. The molecule has 130 valence electrons. The van der Waals surface area contributed by atoms with E-state index in [4.69, 9.17) is 4.42 Å². The zero-order valence-electron chi connectivity index (χ0n) is 14.7. The van der Waals surface area contributed by atoms with E-state index in [2.05, 4.69) is 11.8 Å². The molecule has 1 unspecified atom stereocenters. The summed E-state index contributed by atoms with van der Waals surface area (Å²) in [5.41, 5.74) is 1.67. The monoisotopic (exact) mass is 337 g/mol. The predicted molar refractivity (Wildman–Crippen MR) is 100 cm³/mol. The van der Waals surface area contributed by atoms with Crippen LogP contribution in [0.15, 0.2) is 39.5 Å². The minimum Gasteiger partial charge on any atom is -0.507 e. The third-order valence-corrected chi connectivity index (χ3v) is 5.33. The van der Waals surface area contributed by atoms with E-state index in [-0.39, 0.29) is 11.4 Å². The van der Waals surface area contributed by atoms with E-state index in [0.29, 0.717) is 22.5 Å². The molecule has 1 aliphatic rings. The smallest absolute Gasteiger partial charge is 0.344 e. The van der Waals surface area contributed by atoms with Crippen molar-refractivity contribution in [3.8, 4) is 5.75 Å². The molecule has 4 nitrogen and oxygen atoms in total. The molecule has 1 atom stereocenters. The van der Waals surface area contributed by atoms with Gasteiger partial charge in [0, 0.05) is 29.6 Å². The van der Waals surface area contributed by atoms with Gasteiger partial charge in [-0.1, -0.05) is 25.1 Å². The summed E-state index contributed by atoms with van der Waals surface area (Å²) >= 11 is 0. The molecule has 0 amide bonds. The summed E-state index contributed by atoms with van der Waals surface area (Å²) in [6, 6.07) is 9.48. The normalized spacial score (nSPS) is 18.9. The molecule has 0 aliphatic carbocycles. The van der Waals surface area contributed by atoms with Gasteiger partial charge < -0.3 is 9.52 Å². The minimum absolute atomic E-state index is 0.240. The number of hydrogen-bond acceptors (Lipinski definition) is 4. The number of phenolic OH excluding ortho intramolecular Hbond substituents is 1. The van der Waals surface area contributed by atoms with Crippen molar-refractivity contribution in [2.75, 3.05) is 13.1 Å². The lowest BCUT2D eigenvalue weighted by molar-refractivity contribution is 0.175. The maximum absolute atomic E-state index is 12.2. The lowest BCUT2D eigenvalue weighted by Crippen LogP contribution is -2.33. The Morgan fingerprint density at radius 1 is 1.24 bits per heavy atom. The highest BCUT2D eigenvalue weighted by Crippen LogP contribution is 2.34. The van der Waals surface area contributed by atoms with Gasteiger partial charge in [-0.3, -0.25) is 4.90 Å². The molecule has 0 spiro atoms. The summed E-state index contributed by atoms with van der Waals surface area (Å²) in [5.74, 6) is 0.931. The van der Waals surface area contributed by atoms with E-state index < -0.39 is 0 Å². The van der Waals surface area contributed by atoms with Crippen LogP contribution in [0.2, 0.25) is 0 Å². The van der Waals surface area contributed by atoms with Gasteiger partial charge in [0.15, 0.2) is 0 Å². The van der Waals surface area contributed by atoms with E-state index in [0.717, 1.165) is 36.0 Å². The quantitative estimate of drug-likeness (QED) is 0.563. The molecule has 1 N–H and O–H groups in total. The zero-order chi connectivity index (χ0) is 17.6. The van der Waals surface area contributed by atoms with Crippen molar-refractivity contribution in [2.45, 2.75) is 33.2 Å². The summed E-state index contributed by atoms with van der Waals surface area (Å²) < 4.78 is 5.52. The number of likely N-dealkylation sites (tertiary alicyclic amines) is 1. The van der Waals surface area contributed by atoms with Gasteiger partial charge in [0.25, 0.3) is 0 Å². The van der Waals surface area contributed by atoms with Gasteiger partial charge in [0.2, 0.25) is 0 Å². The molecule has 4 heteroatoms. The molecular weight excluding hydrogens is 314 g/mol. The number of piperidine rings is 1. The first-order valence-corrected chi connectivity index (χ1v) is 8.94. The number of hydrogen-bond donors (Lipinski definition) is 1. The second kappa shape index (κ2) is 6.19. The number of aryl methyl sites for hydroxylation is 1. The van der Waals surface area contributed by atoms with Crippen molar-refractivity contribution in [3.05, 3.63) is 51.9 Å². The number of benzene rings is 2. The maximum Gasteiger partial charge on any atom is 0.344 e. The van der Waals surface area contributed by atoms with Crippen LogP contribution in [0.1, 0.15) is 30.9 Å². The Balaban J connectivity index is 1.88. The molecule has 1 fully saturated rings. The van der Waals surface area contributed by atoms with Gasteiger partial charge in [0.1, 0.15) is 11.3 Å². The molecule has 1 aliphatic heterocycles. The first-order chi connectivity index (χ1) is 12.0. The van der Waals surface area contributed by atoms with E-state index in [1.54, 1.807) is 6.07 Å². The average Bonchev–Trinajstić information content (AvgIpc) is 2.61. The predicted octanol–water partition coefficient (Wildman–Crippen LogP) is 4.19. The summed E-state index contributed by atoms with van der Waals surface area (Å²) in [4.78, 5) is 14.6. The standard InChI is InChI=1S/C21H23NO3/c1-13-6-5-9-22(11-13)12-15-10-18-16-7-3-4-8-17(16)21(24)25-20(18)14(2)19(15)23/h3-4,7-8,10,13,23H,5-6,9,11-12H2,1-2H3. The van der Waals surface area contributed by atoms with Gasteiger partial charge in [-0.25, -0.2) is 4.79 Å². The molecule has 0 bridgehead atoms. The highest BCUT2D eigenvalue weighted by molar-refractivity contribution is 6.05. The molecule has 0 saturated carbocycles. The van der Waals surface area contributed by atoms with E-state index in [1.165, 1.54) is 12.8 Å². The zero-order valence-corrected chi connectivity index (χ0v) is 14.7. The van der Waals surface area contributed by atoms with Gasteiger partial charge in [-0.05, 0) is 49.7 Å².